The standard InChI is InChI=1S/C22H18Br2N2O3/c1-28-22-17(11-18(23)12-20(22)24)13-25-26-21(27)14-29-19-9-7-16(8-10-19)15-5-3-2-4-6-15/h2-13H,14H2,1H3,(H,26,27)/b25-13+. The summed E-state index contributed by atoms with van der Waals surface area (Å²) in [7, 11) is 1.57. The zero-order valence-corrected chi connectivity index (χ0v) is 18.7. The second kappa shape index (κ2) is 10.2. The molecule has 0 aliphatic heterocycles. The van der Waals surface area contributed by atoms with Crippen LogP contribution in [0.15, 0.2) is 80.8 Å². The number of hydrazone groups is 1. The second-order valence-electron chi connectivity index (χ2n) is 5.98. The van der Waals surface area contributed by atoms with Crippen LogP contribution in [0.5, 0.6) is 11.5 Å². The molecule has 0 saturated carbocycles. The SMILES string of the molecule is COc1c(Br)cc(Br)cc1/C=N/NC(=O)COc1ccc(-c2ccccc2)cc1. The number of methoxy groups -OCH3 is 1. The van der Waals surface area contributed by atoms with Crippen molar-refractivity contribution in [3.63, 3.8) is 0 Å². The van der Waals surface area contributed by atoms with Crippen LogP contribution in [0.4, 0.5) is 0 Å². The van der Waals surface area contributed by atoms with Crippen LogP contribution in [0.2, 0.25) is 0 Å². The lowest BCUT2D eigenvalue weighted by molar-refractivity contribution is -0.123. The molecule has 3 aromatic carbocycles. The first-order chi connectivity index (χ1) is 14.1. The van der Waals surface area contributed by atoms with Crippen LogP contribution in [-0.4, -0.2) is 25.8 Å². The summed E-state index contributed by atoms with van der Waals surface area (Å²) < 4.78 is 12.5. The molecule has 0 aromatic heterocycles. The summed E-state index contributed by atoms with van der Waals surface area (Å²) in [6.07, 6.45) is 1.51. The van der Waals surface area contributed by atoms with Gasteiger partial charge in [-0.15, -0.1) is 0 Å². The Morgan fingerprint density at radius 1 is 1.03 bits per heavy atom. The van der Waals surface area contributed by atoms with Gasteiger partial charge in [-0.2, -0.15) is 5.10 Å². The summed E-state index contributed by atoms with van der Waals surface area (Å²) in [6.45, 7) is -0.138. The Labute approximate surface area is 186 Å². The van der Waals surface area contributed by atoms with Gasteiger partial charge >= 0.3 is 0 Å². The minimum Gasteiger partial charge on any atom is -0.495 e. The quantitative estimate of drug-likeness (QED) is 0.336. The number of carbonyl (C=O) groups is 1. The molecule has 0 bridgehead atoms. The second-order valence-corrected chi connectivity index (χ2v) is 7.75. The normalized spacial score (nSPS) is 10.7. The maximum Gasteiger partial charge on any atom is 0.277 e. The Kier molecular flexibility index (Phi) is 7.43. The third-order valence-electron chi connectivity index (χ3n) is 3.97. The molecule has 0 heterocycles. The molecule has 5 nitrogen and oxygen atoms in total. The van der Waals surface area contributed by atoms with Gasteiger partial charge in [0.05, 0.1) is 17.8 Å². The molecule has 29 heavy (non-hydrogen) atoms. The van der Waals surface area contributed by atoms with Gasteiger partial charge in [0.1, 0.15) is 11.5 Å². The van der Waals surface area contributed by atoms with Crippen molar-refractivity contribution in [2.24, 2.45) is 5.10 Å². The molecule has 0 aliphatic carbocycles. The minimum absolute atomic E-state index is 0.138. The van der Waals surface area contributed by atoms with Crippen molar-refractivity contribution in [2.75, 3.05) is 13.7 Å². The van der Waals surface area contributed by atoms with E-state index in [1.807, 2.05) is 66.7 Å². The van der Waals surface area contributed by atoms with Crippen LogP contribution >= 0.6 is 31.9 Å². The molecule has 0 saturated heterocycles. The fourth-order valence-corrected chi connectivity index (χ4v) is 4.04. The Bertz CT molecular complexity index is 1010. The van der Waals surface area contributed by atoms with Crippen LogP contribution < -0.4 is 14.9 Å². The van der Waals surface area contributed by atoms with E-state index in [0.717, 1.165) is 20.1 Å². The van der Waals surface area contributed by atoms with Gasteiger partial charge in [-0.25, -0.2) is 5.43 Å². The van der Waals surface area contributed by atoms with Gasteiger partial charge < -0.3 is 9.47 Å². The predicted molar refractivity (Wildman–Crippen MR) is 122 cm³/mol. The molecular formula is C22H18Br2N2O3. The van der Waals surface area contributed by atoms with E-state index in [1.165, 1.54) is 6.21 Å². The highest BCUT2D eigenvalue weighted by atomic mass is 79.9. The van der Waals surface area contributed by atoms with Gasteiger partial charge in [0, 0.05) is 10.0 Å². The van der Waals surface area contributed by atoms with E-state index in [4.69, 9.17) is 9.47 Å². The first-order valence-corrected chi connectivity index (χ1v) is 10.3. The number of amides is 1. The molecule has 148 valence electrons. The number of nitrogens with one attached hydrogen (secondary N) is 1. The lowest BCUT2D eigenvalue weighted by Crippen LogP contribution is -2.24. The van der Waals surface area contributed by atoms with Gasteiger partial charge in [0.15, 0.2) is 6.61 Å². The molecule has 3 rings (SSSR count). The fourth-order valence-electron chi connectivity index (χ4n) is 2.62. The van der Waals surface area contributed by atoms with Gasteiger partial charge in [-0.05, 0) is 51.3 Å². The lowest BCUT2D eigenvalue weighted by atomic mass is 10.1. The summed E-state index contributed by atoms with van der Waals surface area (Å²) in [5.74, 6) is 0.878. The maximum absolute atomic E-state index is 12.0. The highest BCUT2D eigenvalue weighted by molar-refractivity contribution is 9.11. The largest absolute Gasteiger partial charge is 0.495 e. The van der Waals surface area contributed by atoms with Crippen molar-refractivity contribution >= 4 is 44.0 Å². The molecular weight excluding hydrogens is 500 g/mol. The van der Waals surface area contributed by atoms with Crippen LogP contribution in [0.1, 0.15) is 5.56 Å². The number of benzene rings is 3. The summed E-state index contributed by atoms with van der Waals surface area (Å²) in [5, 5.41) is 3.97. The van der Waals surface area contributed by atoms with Crippen molar-refractivity contribution in [1.29, 1.82) is 0 Å². The van der Waals surface area contributed by atoms with Gasteiger partial charge in [0.2, 0.25) is 0 Å². The highest BCUT2D eigenvalue weighted by Gasteiger charge is 2.08. The van der Waals surface area contributed by atoms with Crippen LogP contribution in [0.25, 0.3) is 11.1 Å². The Morgan fingerprint density at radius 2 is 1.72 bits per heavy atom. The Morgan fingerprint density at radius 3 is 2.41 bits per heavy atom. The van der Waals surface area contributed by atoms with Crippen molar-refractivity contribution in [1.82, 2.24) is 5.43 Å². The number of hydrogen-bond donors (Lipinski definition) is 1. The van der Waals surface area contributed by atoms with E-state index in [9.17, 15) is 4.79 Å². The van der Waals surface area contributed by atoms with Gasteiger partial charge in [-0.3, -0.25) is 4.79 Å². The summed E-state index contributed by atoms with van der Waals surface area (Å²) in [4.78, 5) is 12.0. The molecule has 0 atom stereocenters. The van der Waals surface area contributed by atoms with Gasteiger partial charge in [-0.1, -0.05) is 58.4 Å². The average molecular weight is 518 g/mol. The monoisotopic (exact) mass is 516 g/mol. The van der Waals surface area contributed by atoms with E-state index < -0.39 is 0 Å². The molecule has 0 unspecified atom stereocenters. The van der Waals surface area contributed by atoms with Crippen molar-refractivity contribution in [3.8, 4) is 22.6 Å². The number of carbonyl (C=O) groups excluding carboxylic acids is 1. The van der Waals surface area contributed by atoms with Crippen LogP contribution in [-0.2, 0) is 4.79 Å². The molecule has 1 N–H and O–H groups in total. The van der Waals surface area contributed by atoms with Gasteiger partial charge in [0.25, 0.3) is 5.91 Å². The molecule has 0 radical (unpaired) electrons. The van der Waals surface area contributed by atoms with Crippen molar-refractivity contribution in [3.05, 3.63) is 81.2 Å². The smallest absolute Gasteiger partial charge is 0.277 e. The van der Waals surface area contributed by atoms with Crippen molar-refractivity contribution < 1.29 is 14.3 Å². The first kappa shape index (κ1) is 21.1. The molecule has 0 fully saturated rings. The topological polar surface area (TPSA) is 59.9 Å². The van der Waals surface area contributed by atoms with Crippen molar-refractivity contribution in [2.45, 2.75) is 0 Å². The first-order valence-electron chi connectivity index (χ1n) is 8.70. The number of halogens is 2. The zero-order chi connectivity index (χ0) is 20.6. The Balaban J connectivity index is 1.53. The average Bonchev–Trinajstić information content (AvgIpc) is 2.73. The molecule has 1 amide bonds. The van der Waals surface area contributed by atoms with Crippen LogP contribution in [0.3, 0.4) is 0 Å². The third kappa shape index (κ3) is 5.92. The minimum atomic E-state index is -0.360. The number of nitrogens with zero attached hydrogens (tertiary/aromatic N) is 1. The van der Waals surface area contributed by atoms with E-state index >= 15 is 0 Å². The summed E-state index contributed by atoms with van der Waals surface area (Å²) in [5.41, 5.74) is 5.37. The fraction of sp³-hybridized carbons (Fsp3) is 0.0909. The van der Waals surface area contributed by atoms with E-state index in [0.29, 0.717) is 17.1 Å². The highest BCUT2D eigenvalue weighted by Crippen LogP contribution is 2.31. The summed E-state index contributed by atoms with van der Waals surface area (Å²) >= 11 is 6.84. The summed E-state index contributed by atoms with van der Waals surface area (Å²) in [6, 6.07) is 21.3. The zero-order valence-electron chi connectivity index (χ0n) is 15.6. The predicted octanol–water partition coefficient (Wildman–Crippen LogP) is 5.42. The number of rotatable bonds is 7. The maximum atomic E-state index is 12.0. The molecule has 3 aromatic rings. The Hall–Kier alpha value is -2.64. The third-order valence-corrected chi connectivity index (χ3v) is 5.01. The molecule has 0 spiro atoms. The molecule has 7 heteroatoms. The number of hydrogen-bond acceptors (Lipinski definition) is 4. The van der Waals surface area contributed by atoms with Crippen LogP contribution in [0, 0.1) is 0 Å². The number of ether oxygens (including phenoxy) is 2. The van der Waals surface area contributed by atoms with E-state index in [2.05, 4.69) is 42.4 Å². The molecule has 0 aliphatic rings. The van der Waals surface area contributed by atoms with E-state index in [-0.39, 0.29) is 12.5 Å². The van der Waals surface area contributed by atoms with E-state index in [1.54, 1.807) is 7.11 Å². The lowest BCUT2D eigenvalue weighted by Gasteiger charge is -2.08.